The average molecular weight is 275 g/mol. The summed E-state index contributed by atoms with van der Waals surface area (Å²) in [6, 6.07) is 2.10. The van der Waals surface area contributed by atoms with Gasteiger partial charge in [-0.1, -0.05) is 0 Å². The molecule has 0 radical (unpaired) electrons. The predicted octanol–water partition coefficient (Wildman–Crippen LogP) is 2.17. The molecule has 0 unspecified atom stereocenters. The van der Waals surface area contributed by atoms with Crippen molar-refractivity contribution >= 4 is 0 Å². The number of rotatable bonds is 4. The molecule has 0 aliphatic rings. The Morgan fingerprint density at radius 1 is 1.20 bits per heavy atom. The van der Waals surface area contributed by atoms with E-state index in [1.807, 2.05) is 23.3 Å². The molecule has 0 aromatic carbocycles. The van der Waals surface area contributed by atoms with E-state index >= 15 is 0 Å². The predicted molar refractivity (Wildman–Crippen MR) is 80.6 cm³/mol. The molecule has 0 spiro atoms. The van der Waals surface area contributed by atoms with Gasteiger partial charge in [0.1, 0.15) is 0 Å². The first-order valence-corrected chi connectivity index (χ1v) is 7.02. The van der Waals surface area contributed by atoms with Crippen LogP contribution in [0.15, 0.2) is 12.3 Å². The van der Waals surface area contributed by atoms with Crippen molar-refractivity contribution in [2.75, 3.05) is 0 Å². The Morgan fingerprint density at radius 3 is 2.45 bits per heavy atom. The first-order valence-electron chi connectivity index (χ1n) is 7.02. The number of hydrogen-bond donors (Lipinski definition) is 1. The minimum Gasteiger partial charge on any atom is -0.308 e. The lowest BCUT2D eigenvalue weighted by atomic mass is 10.1. The van der Waals surface area contributed by atoms with Crippen LogP contribution in [-0.4, -0.2) is 25.1 Å². The highest BCUT2D eigenvalue weighted by Gasteiger charge is 2.12. The van der Waals surface area contributed by atoms with Crippen LogP contribution >= 0.6 is 0 Å². The van der Waals surface area contributed by atoms with Gasteiger partial charge in [-0.2, -0.15) is 10.2 Å². The number of nitrogens with one attached hydrogen (secondary N) is 1. The maximum absolute atomic E-state index is 4.59. The standard InChI is InChI=1S/C15H25N5/c1-11-7-14(19(6)17-11)10-20-9-13(12(2)18-20)8-16-15(3,4)5/h7,9,16H,8,10H2,1-6H3. The van der Waals surface area contributed by atoms with Crippen LogP contribution in [-0.2, 0) is 20.1 Å². The van der Waals surface area contributed by atoms with Gasteiger partial charge in [-0.25, -0.2) is 0 Å². The van der Waals surface area contributed by atoms with Gasteiger partial charge in [-0.3, -0.25) is 9.36 Å². The molecule has 0 saturated carbocycles. The molecular weight excluding hydrogens is 250 g/mol. The molecule has 0 aliphatic heterocycles. The summed E-state index contributed by atoms with van der Waals surface area (Å²) in [5.41, 5.74) is 4.66. The van der Waals surface area contributed by atoms with E-state index in [-0.39, 0.29) is 5.54 Å². The number of aromatic nitrogens is 4. The van der Waals surface area contributed by atoms with E-state index < -0.39 is 0 Å². The van der Waals surface area contributed by atoms with Crippen LogP contribution in [0.2, 0.25) is 0 Å². The average Bonchev–Trinajstić information content (AvgIpc) is 2.79. The molecule has 0 amide bonds. The summed E-state index contributed by atoms with van der Waals surface area (Å²) in [4.78, 5) is 0. The highest BCUT2D eigenvalue weighted by molar-refractivity contribution is 5.17. The van der Waals surface area contributed by atoms with E-state index in [1.165, 1.54) is 11.3 Å². The Kier molecular flexibility index (Phi) is 3.99. The summed E-state index contributed by atoms with van der Waals surface area (Å²) in [5, 5.41) is 12.5. The van der Waals surface area contributed by atoms with Crippen molar-refractivity contribution in [3.05, 3.63) is 34.9 Å². The Balaban J connectivity index is 2.09. The smallest absolute Gasteiger partial charge is 0.0828 e. The zero-order chi connectivity index (χ0) is 14.9. The largest absolute Gasteiger partial charge is 0.308 e. The van der Waals surface area contributed by atoms with Crippen molar-refractivity contribution in [2.45, 2.75) is 53.2 Å². The van der Waals surface area contributed by atoms with Crippen molar-refractivity contribution in [3.8, 4) is 0 Å². The maximum atomic E-state index is 4.59. The van der Waals surface area contributed by atoms with Gasteiger partial charge in [-0.05, 0) is 40.7 Å². The fraction of sp³-hybridized carbons (Fsp3) is 0.600. The summed E-state index contributed by atoms with van der Waals surface area (Å²) >= 11 is 0. The van der Waals surface area contributed by atoms with Crippen LogP contribution in [0.3, 0.4) is 0 Å². The van der Waals surface area contributed by atoms with E-state index in [0.717, 1.165) is 24.5 Å². The monoisotopic (exact) mass is 275 g/mol. The van der Waals surface area contributed by atoms with Crippen LogP contribution in [0, 0.1) is 13.8 Å². The van der Waals surface area contributed by atoms with Crippen molar-refractivity contribution in [1.29, 1.82) is 0 Å². The van der Waals surface area contributed by atoms with E-state index in [2.05, 4.69) is 55.5 Å². The van der Waals surface area contributed by atoms with E-state index in [1.54, 1.807) is 0 Å². The van der Waals surface area contributed by atoms with Crippen LogP contribution in [0.5, 0.6) is 0 Å². The van der Waals surface area contributed by atoms with E-state index in [4.69, 9.17) is 0 Å². The van der Waals surface area contributed by atoms with Crippen molar-refractivity contribution < 1.29 is 0 Å². The Labute approximate surface area is 121 Å². The lowest BCUT2D eigenvalue weighted by Gasteiger charge is -2.20. The fourth-order valence-corrected chi connectivity index (χ4v) is 2.15. The molecule has 0 atom stereocenters. The fourth-order valence-electron chi connectivity index (χ4n) is 2.15. The van der Waals surface area contributed by atoms with Crippen molar-refractivity contribution in [3.63, 3.8) is 0 Å². The Bertz CT molecular complexity index is 586. The van der Waals surface area contributed by atoms with Gasteiger partial charge >= 0.3 is 0 Å². The minimum atomic E-state index is 0.119. The molecule has 2 aromatic rings. The summed E-state index contributed by atoms with van der Waals surface area (Å²) in [7, 11) is 1.97. The zero-order valence-electron chi connectivity index (χ0n) is 13.4. The third-order valence-corrected chi connectivity index (χ3v) is 3.28. The van der Waals surface area contributed by atoms with Crippen LogP contribution in [0.25, 0.3) is 0 Å². The topological polar surface area (TPSA) is 47.7 Å². The molecule has 2 rings (SSSR count). The minimum absolute atomic E-state index is 0.119. The van der Waals surface area contributed by atoms with E-state index in [0.29, 0.717) is 0 Å². The van der Waals surface area contributed by atoms with Gasteiger partial charge in [0.05, 0.1) is 23.6 Å². The molecule has 110 valence electrons. The molecule has 2 heterocycles. The highest BCUT2D eigenvalue weighted by Crippen LogP contribution is 2.10. The van der Waals surface area contributed by atoms with Crippen LogP contribution in [0.4, 0.5) is 0 Å². The van der Waals surface area contributed by atoms with E-state index in [9.17, 15) is 0 Å². The number of nitrogens with zero attached hydrogens (tertiary/aromatic N) is 4. The molecular formula is C15H25N5. The molecule has 0 fully saturated rings. The quantitative estimate of drug-likeness (QED) is 0.930. The molecule has 2 aromatic heterocycles. The lowest BCUT2D eigenvalue weighted by Crippen LogP contribution is -2.35. The van der Waals surface area contributed by atoms with Crippen molar-refractivity contribution in [1.82, 2.24) is 24.9 Å². The van der Waals surface area contributed by atoms with Crippen LogP contribution < -0.4 is 5.32 Å². The third kappa shape index (κ3) is 3.70. The second-order valence-corrected chi connectivity index (χ2v) is 6.44. The molecule has 20 heavy (non-hydrogen) atoms. The second-order valence-electron chi connectivity index (χ2n) is 6.44. The first kappa shape index (κ1) is 14.8. The molecule has 5 nitrogen and oxygen atoms in total. The molecule has 1 N–H and O–H groups in total. The SMILES string of the molecule is Cc1cc(Cn2cc(CNC(C)(C)C)c(C)n2)n(C)n1. The van der Waals surface area contributed by atoms with Gasteiger partial charge in [-0.15, -0.1) is 0 Å². The Hall–Kier alpha value is -1.62. The zero-order valence-corrected chi connectivity index (χ0v) is 13.4. The molecule has 0 bridgehead atoms. The number of hydrogen-bond acceptors (Lipinski definition) is 3. The van der Waals surface area contributed by atoms with Gasteiger partial charge in [0.2, 0.25) is 0 Å². The normalized spacial score (nSPS) is 12.1. The molecule has 0 aliphatic carbocycles. The summed E-state index contributed by atoms with van der Waals surface area (Å²) < 4.78 is 3.91. The maximum Gasteiger partial charge on any atom is 0.0828 e. The molecule has 0 saturated heterocycles. The third-order valence-electron chi connectivity index (χ3n) is 3.28. The summed E-state index contributed by atoms with van der Waals surface area (Å²) in [5.74, 6) is 0. The van der Waals surface area contributed by atoms with Gasteiger partial charge in [0.25, 0.3) is 0 Å². The number of aryl methyl sites for hydroxylation is 3. The second kappa shape index (κ2) is 5.40. The van der Waals surface area contributed by atoms with Gasteiger partial charge < -0.3 is 5.32 Å². The lowest BCUT2D eigenvalue weighted by molar-refractivity contribution is 0.423. The van der Waals surface area contributed by atoms with Gasteiger partial charge in [0.15, 0.2) is 0 Å². The highest BCUT2D eigenvalue weighted by atomic mass is 15.3. The van der Waals surface area contributed by atoms with Gasteiger partial charge in [0, 0.05) is 30.9 Å². The molecule has 5 heteroatoms. The van der Waals surface area contributed by atoms with Crippen LogP contribution in [0.1, 0.15) is 43.4 Å². The van der Waals surface area contributed by atoms with Crippen molar-refractivity contribution in [2.24, 2.45) is 7.05 Å². The Morgan fingerprint density at radius 2 is 1.90 bits per heavy atom. The first-order chi connectivity index (χ1) is 9.24. The summed E-state index contributed by atoms with van der Waals surface area (Å²) in [6.45, 7) is 12.2. The summed E-state index contributed by atoms with van der Waals surface area (Å²) in [6.07, 6.45) is 2.12.